The topological polar surface area (TPSA) is 32.3 Å². The fourth-order valence-electron chi connectivity index (χ4n) is 0.803. The molecule has 0 aromatic rings. The van der Waals surface area contributed by atoms with Gasteiger partial charge in [0.25, 0.3) is 0 Å². The Morgan fingerprint density at radius 1 is 1.88 bits per heavy atom. The Balaban J connectivity index is 2.35. The zero-order valence-corrected chi connectivity index (χ0v) is 5.14. The van der Waals surface area contributed by atoms with Crippen molar-refractivity contribution in [2.24, 2.45) is 0 Å². The van der Waals surface area contributed by atoms with E-state index in [-0.39, 0.29) is 5.91 Å². The van der Waals surface area contributed by atoms with Crippen molar-refractivity contribution < 1.29 is 4.79 Å². The minimum atomic E-state index is 0.226. The van der Waals surface area contributed by atoms with E-state index in [1.165, 1.54) is 0 Å². The molecule has 1 aliphatic heterocycles. The van der Waals surface area contributed by atoms with Crippen LogP contribution in [0.3, 0.4) is 0 Å². The van der Waals surface area contributed by atoms with Gasteiger partial charge in [0.2, 0.25) is 5.91 Å². The number of hydrogen-bond donors (Lipinski definition) is 1. The zero-order chi connectivity index (χ0) is 6.15. The van der Waals surface area contributed by atoms with Crippen molar-refractivity contribution in [1.29, 1.82) is 0 Å². The maximum Gasteiger partial charge on any atom is 0.227 e. The van der Waals surface area contributed by atoms with E-state index in [9.17, 15) is 4.79 Å². The molecule has 0 aromatic heterocycles. The summed E-state index contributed by atoms with van der Waals surface area (Å²) in [6, 6.07) is 0. The molecule has 3 nitrogen and oxygen atoms in total. The van der Waals surface area contributed by atoms with Crippen LogP contribution in [-0.2, 0) is 4.79 Å². The van der Waals surface area contributed by atoms with E-state index in [0.29, 0.717) is 12.6 Å². The van der Waals surface area contributed by atoms with E-state index in [2.05, 4.69) is 5.32 Å². The summed E-state index contributed by atoms with van der Waals surface area (Å²) in [6.45, 7) is 0. The molecule has 0 radical (unpaired) electrons. The van der Waals surface area contributed by atoms with Gasteiger partial charge in [-0.2, -0.15) is 0 Å². The Morgan fingerprint density at radius 3 is 2.62 bits per heavy atom. The fourth-order valence-corrected chi connectivity index (χ4v) is 0.803. The monoisotopic (exact) mass is 114 g/mol. The number of carbonyl (C=O) groups excluding carboxylic acids is 1. The van der Waals surface area contributed by atoms with Gasteiger partial charge in [0.05, 0.1) is 12.6 Å². The van der Waals surface area contributed by atoms with E-state index in [0.717, 1.165) is 0 Å². The third-order valence-corrected chi connectivity index (χ3v) is 1.56. The molecular formula is C5H10N2O. The second-order valence-electron chi connectivity index (χ2n) is 2.01. The van der Waals surface area contributed by atoms with Crippen LogP contribution in [-0.4, -0.2) is 31.1 Å². The van der Waals surface area contributed by atoms with Gasteiger partial charge < -0.3 is 4.90 Å². The average Bonchev–Trinajstić information content (AvgIpc) is 1.81. The van der Waals surface area contributed by atoms with E-state index in [4.69, 9.17) is 0 Å². The first-order valence-corrected chi connectivity index (χ1v) is 2.68. The lowest BCUT2D eigenvalue weighted by molar-refractivity contribution is -0.144. The van der Waals surface area contributed by atoms with E-state index in [1.807, 2.05) is 7.05 Å². The third kappa shape index (κ3) is 0.591. The molecule has 0 bridgehead atoms. The second-order valence-corrected chi connectivity index (χ2v) is 2.01. The molecule has 0 saturated carbocycles. The quantitative estimate of drug-likeness (QED) is 0.461. The number of likely N-dealkylation sites (tertiary alicyclic amines) is 1. The first-order chi connectivity index (χ1) is 3.75. The molecule has 1 N–H and O–H groups in total. The average molecular weight is 114 g/mol. The summed E-state index contributed by atoms with van der Waals surface area (Å²) in [6.07, 6.45) is 0.954. The van der Waals surface area contributed by atoms with Crippen molar-refractivity contribution in [3.05, 3.63) is 0 Å². The fraction of sp³-hybridized carbons (Fsp3) is 0.800. The van der Waals surface area contributed by atoms with Crippen LogP contribution in [0.15, 0.2) is 0 Å². The Bertz CT molecular complexity index is 113. The van der Waals surface area contributed by atoms with Crippen LogP contribution in [0.2, 0.25) is 0 Å². The number of hydrogen-bond acceptors (Lipinski definition) is 2. The number of carbonyl (C=O) groups is 1. The van der Waals surface area contributed by atoms with Crippen molar-refractivity contribution in [3.63, 3.8) is 0 Å². The number of nitrogens with one attached hydrogen (secondary N) is 1. The third-order valence-electron chi connectivity index (χ3n) is 1.56. The summed E-state index contributed by atoms with van der Waals surface area (Å²) in [7, 11) is 3.65. The summed E-state index contributed by atoms with van der Waals surface area (Å²) >= 11 is 0. The number of rotatable bonds is 1. The molecule has 1 heterocycles. The van der Waals surface area contributed by atoms with Gasteiger partial charge >= 0.3 is 0 Å². The molecule has 1 aliphatic rings. The van der Waals surface area contributed by atoms with Gasteiger partial charge in [-0.1, -0.05) is 0 Å². The first kappa shape index (κ1) is 5.56. The van der Waals surface area contributed by atoms with Crippen LogP contribution < -0.4 is 5.32 Å². The van der Waals surface area contributed by atoms with Crippen molar-refractivity contribution >= 4 is 5.91 Å². The highest BCUT2D eigenvalue weighted by molar-refractivity contribution is 5.82. The van der Waals surface area contributed by atoms with Gasteiger partial charge in [-0.05, 0) is 7.05 Å². The lowest BCUT2D eigenvalue weighted by Crippen LogP contribution is -2.56. The smallest absolute Gasteiger partial charge is 0.227 e. The predicted molar refractivity (Wildman–Crippen MR) is 30.2 cm³/mol. The molecule has 0 aromatic carbocycles. The summed E-state index contributed by atoms with van der Waals surface area (Å²) < 4.78 is 0. The minimum absolute atomic E-state index is 0.226. The zero-order valence-electron chi connectivity index (χ0n) is 5.14. The second kappa shape index (κ2) is 1.74. The molecular weight excluding hydrogens is 104 g/mol. The SMILES string of the molecule is CNC1CC(=O)N1C. The summed E-state index contributed by atoms with van der Waals surface area (Å²) in [5, 5.41) is 2.99. The molecule has 1 atom stereocenters. The highest BCUT2D eigenvalue weighted by Crippen LogP contribution is 2.11. The molecule has 0 aliphatic carbocycles. The highest BCUT2D eigenvalue weighted by Gasteiger charge is 2.30. The Kier molecular flexibility index (Phi) is 1.21. The van der Waals surface area contributed by atoms with Crippen LogP contribution in [0.25, 0.3) is 0 Å². The molecule has 1 rings (SSSR count). The van der Waals surface area contributed by atoms with Crippen molar-refractivity contribution in [2.45, 2.75) is 12.6 Å². The van der Waals surface area contributed by atoms with Crippen LogP contribution in [0.5, 0.6) is 0 Å². The van der Waals surface area contributed by atoms with Crippen molar-refractivity contribution in [3.8, 4) is 0 Å². The highest BCUT2D eigenvalue weighted by atomic mass is 16.2. The van der Waals surface area contributed by atoms with Crippen LogP contribution in [0, 0.1) is 0 Å². The van der Waals surface area contributed by atoms with E-state index < -0.39 is 0 Å². The lowest BCUT2D eigenvalue weighted by Gasteiger charge is -2.36. The number of nitrogens with zero attached hydrogens (tertiary/aromatic N) is 1. The van der Waals surface area contributed by atoms with Crippen molar-refractivity contribution in [1.82, 2.24) is 10.2 Å². The summed E-state index contributed by atoms with van der Waals surface area (Å²) in [4.78, 5) is 12.2. The molecule has 1 amide bonds. The maximum absolute atomic E-state index is 10.5. The number of β-lactam (4-membered cyclic amide) rings is 1. The molecule has 1 unspecified atom stereocenters. The largest absolute Gasteiger partial charge is 0.330 e. The molecule has 3 heteroatoms. The van der Waals surface area contributed by atoms with Gasteiger partial charge in [0.1, 0.15) is 0 Å². The van der Waals surface area contributed by atoms with Gasteiger partial charge in [0.15, 0.2) is 0 Å². The van der Waals surface area contributed by atoms with Gasteiger partial charge in [0, 0.05) is 7.05 Å². The minimum Gasteiger partial charge on any atom is -0.330 e. The molecule has 1 fully saturated rings. The first-order valence-electron chi connectivity index (χ1n) is 2.68. The van der Waals surface area contributed by atoms with Crippen LogP contribution in [0.4, 0.5) is 0 Å². The van der Waals surface area contributed by atoms with Gasteiger partial charge in [-0.25, -0.2) is 0 Å². The van der Waals surface area contributed by atoms with E-state index in [1.54, 1.807) is 11.9 Å². The van der Waals surface area contributed by atoms with Gasteiger partial charge in [-0.3, -0.25) is 10.1 Å². The Hall–Kier alpha value is -0.570. The molecule has 46 valence electrons. The predicted octanol–water partition coefficient (Wildman–Crippen LogP) is -0.606. The standard InChI is InChI=1S/C5H10N2O/c1-6-4-3-5(8)7(4)2/h4,6H,3H2,1-2H3. The molecule has 1 saturated heterocycles. The summed E-state index contributed by atoms with van der Waals surface area (Å²) in [5.74, 6) is 0.226. The Labute approximate surface area is 48.7 Å². The number of amides is 1. The Morgan fingerprint density at radius 2 is 2.50 bits per heavy atom. The molecule has 8 heavy (non-hydrogen) atoms. The van der Waals surface area contributed by atoms with Crippen LogP contribution >= 0.6 is 0 Å². The van der Waals surface area contributed by atoms with Crippen molar-refractivity contribution in [2.75, 3.05) is 14.1 Å². The molecule has 0 spiro atoms. The summed E-state index contributed by atoms with van der Waals surface area (Å²) in [5.41, 5.74) is 0. The normalized spacial score (nSPS) is 28.0. The van der Waals surface area contributed by atoms with Gasteiger partial charge in [-0.15, -0.1) is 0 Å². The van der Waals surface area contributed by atoms with E-state index >= 15 is 0 Å². The lowest BCUT2D eigenvalue weighted by atomic mass is 10.1. The maximum atomic E-state index is 10.5. The van der Waals surface area contributed by atoms with Crippen LogP contribution in [0.1, 0.15) is 6.42 Å².